The van der Waals surface area contributed by atoms with E-state index in [1.165, 1.54) is 54.6 Å². The number of nitrogens with one attached hydrogen (secondary N) is 2. The van der Waals surface area contributed by atoms with Crippen molar-refractivity contribution in [3.63, 3.8) is 0 Å². The van der Waals surface area contributed by atoms with Crippen LogP contribution in [0.5, 0.6) is 0 Å². The standard InChI is InChI=1S/C28H25Cl2N3O5S2/c1-19-8-9-20(2)27(14-19)32-39(35,36)25-12-10-23(11-13-25)31-28(34)18-33(24-16-21(29)15-22(30)17-24)40(37,38)26-6-4-3-5-7-26/h3-17,32H,18H2,1-2H3,(H,31,34). The van der Waals surface area contributed by atoms with E-state index in [0.29, 0.717) is 5.69 Å². The number of amides is 1. The molecule has 0 aliphatic rings. The molecule has 0 saturated carbocycles. The molecular formula is C28H25Cl2N3O5S2. The van der Waals surface area contributed by atoms with Gasteiger partial charge in [0.15, 0.2) is 0 Å². The Kier molecular flexibility index (Phi) is 8.74. The van der Waals surface area contributed by atoms with Crippen LogP contribution in [0.3, 0.4) is 0 Å². The third-order valence-corrected chi connectivity index (χ3v) is 9.45. The Labute approximate surface area is 243 Å². The molecule has 0 unspecified atom stereocenters. The van der Waals surface area contributed by atoms with Crippen molar-refractivity contribution in [1.82, 2.24) is 0 Å². The maximum absolute atomic E-state index is 13.5. The van der Waals surface area contributed by atoms with Crippen molar-refractivity contribution in [3.05, 3.63) is 112 Å². The molecule has 0 spiro atoms. The van der Waals surface area contributed by atoms with E-state index in [0.717, 1.165) is 15.4 Å². The molecule has 0 aromatic heterocycles. The van der Waals surface area contributed by atoms with Gasteiger partial charge in [0, 0.05) is 15.7 Å². The van der Waals surface area contributed by atoms with Crippen LogP contribution in [0.4, 0.5) is 17.1 Å². The minimum atomic E-state index is -4.17. The van der Waals surface area contributed by atoms with E-state index in [9.17, 15) is 21.6 Å². The Morgan fingerprint density at radius 1 is 0.775 bits per heavy atom. The Morgan fingerprint density at radius 2 is 1.40 bits per heavy atom. The van der Waals surface area contributed by atoms with E-state index in [1.54, 1.807) is 31.2 Å². The monoisotopic (exact) mass is 617 g/mol. The summed E-state index contributed by atoms with van der Waals surface area (Å²) in [5, 5.41) is 3.01. The van der Waals surface area contributed by atoms with Crippen LogP contribution < -0.4 is 14.3 Å². The summed E-state index contributed by atoms with van der Waals surface area (Å²) >= 11 is 12.2. The molecule has 0 heterocycles. The highest BCUT2D eigenvalue weighted by atomic mass is 35.5. The minimum absolute atomic E-state index is 0.00624. The van der Waals surface area contributed by atoms with Crippen LogP contribution in [0, 0.1) is 13.8 Å². The van der Waals surface area contributed by atoms with Crippen LogP contribution in [-0.4, -0.2) is 29.3 Å². The Bertz CT molecular complexity index is 1740. The number of carbonyl (C=O) groups is 1. The molecule has 8 nitrogen and oxygen atoms in total. The topological polar surface area (TPSA) is 113 Å². The van der Waals surface area contributed by atoms with Gasteiger partial charge in [0.1, 0.15) is 6.54 Å². The van der Waals surface area contributed by atoms with Crippen molar-refractivity contribution in [3.8, 4) is 0 Å². The number of halogens is 2. The highest BCUT2D eigenvalue weighted by Gasteiger charge is 2.28. The van der Waals surface area contributed by atoms with Crippen molar-refractivity contribution in [2.24, 2.45) is 0 Å². The van der Waals surface area contributed by atoms with Crippen molar-refractivity contribution >= 4 is 66.2 Å². The molecule has 0 radical (unpaired) electrons. The zero-order valence-electron chi connectivity index (χ0n) is 21.4. The number of anilines is 3. The first-order valence-electron chi connectivity index (χ1n) is 11.9. The van der Waals surface area contributed by atoms with Gasteiger partial charge in [-0.05, 0) is 85.6 Å². The maximum Gasteiger partial charge on any atom is 0.264 e. The smallest absolute Gasteiger partial charge is 0.264 e. The van der Waals surface area contributed by atoms with Crippen LogP contribution >= 0.6 is 23.2 Å². The van der Waals surface area contributed by atoms with Crippen LogP contribution in [0.1, 0.15) is 11.1 Å². The first-order valence-corrected chi connectivity index (χ1v) is 15.6. The van der Waals surface area contributed by atoms with Crippen LogP contribution in [0.2, 0.25) is 10.0 Å². The molecule has 4 rings (SSSR count). The second kappa shape index (κ2) is 11.9. The molecule has 0 atom stereocenters. The molecule has 40 heavy (non-hydrogen) atoms. The summed E-state index contributed by atoms with van der Waals surface area (Å²) in [7, 11) is -8.06. The molecule has 0 aliphatic heterocycles. The fraction of sp³-hybridized carbons (Fsp3) is 0.107. The van der Waals surface area contributed by atoms with Gasteiger partial charge < -0.3 is 5.32 Å². The van der Waals surface area contributed by atoms with Crippen molar-refractivity contribution < 1.29 is 21.6 Å². The summed E-state index contributed by atoms with van der Waals surface area (Å²) in [6, 6.07) is 22.9. The average molecular weight is 619 g/mol. The van der Waals surface area contributed by atoms with Crippen molar-refractivity contribution in [2.45, 2.75) is 23.6 Å². The van der Waals surface area contributed by atoms with Crippen LogP contribution in [-0.2, 0) is 24.8 Å². The van der Waals surface area contributed by atoms with Crippen molar-refractivity contribution in [1.29, 1.82) is 0 Å². The summed E-state index contributed by atoms with van der Waals surface area (Å²) in [4.78, 5) is 13.0. The van der Waals surface area contributed by atoms with Gasteiger partial charge in [-0.2, -0.15) is 0 Å². The predicted molar refractivity (Wildman–Crippen MR) is 159 cm³/mol. The molecule has 0 aliphatic carbocycles. The second-order valence-corrected chi connectivity index (χ2v) is 13.4. The van der Waals surface area contributed by atoms with Gasteiger partial charge >= 0.3 is 0 Å². The first kappa shape index (κ1) is 29.4. The number of carbonyl (C=O) groups excluding carboxylic acids is 1. The van der Waals surface area contributed by atoms with Gasteiger partial charge in [0.25, 0.3) is 20.0 Å². The Balaban J connectivity index is 1.55. The Morgan fingerprint density at radius 3 is 2.02 bits per heavy atom. The quantitative estimate of drug-likeness (QED) is 0.231. The van der Waals surface area contributed by atoms with Gasteiger partial charge in [0.05, 0.1) is 21.2 Å². The maximum atomic E-state index is 13.5. The molecule has 208 valence electrons. The number of benzene rings is 4. The highest BCUT2D eigenvalue weighted by Crippen LogP contribution is 2.30. The van der Waals surface area contributed by atoms with Gasteiger partial charge in [0.2, 0.25) is 5.91 Å². The zero-order chi connectivity index (χ0) is 29.1. The predicted octanol–water partition coefficient (Wildman–Crippen LogP) is 6.25. The average Bonchev–Trinajstić information content (AvgIpc) is 2.89. The molecule has 4 aromatic rings. The second-order valence-electron chi connectivity index (χ2n) is 8.95. The number of rotatable bonds is 9. The lowest BCUT2D eigenvalue weighted by Crippen LogP contribution is -2.38. The molecule has 0 fully saturated rings. The Hall–Kier alpha value is -3.57. The number of aryl methyl sites for hydroxylation is 2. The fourth-order valence-electron chi connectivity index (χ4n) is 3.82. The minimum Gasteiger partial charge on any atom is -0.325 e. The number of nitrogens with zero attached hydrogens (tertiary/aromatic N) is 1. The third kappa shape index (κ3) is 6.95. The van der Waals surface area contributed by atoms with E-state index in [2.05, 4.69) is 10.0 Å². The number of hydrogen-bond donors (Lipinski definition) is 2. The van der Waals surface area contributed by atoms with Gasteiger partial charge in [-0.15, -0.1) is 0 Å². The molecule has 12 heteroatoms. The number of sulfonamides is 2. The summed E-state index contributed by atoms with van der Waals surface area (Å²) in [6.07, 6.45) is 0. The third-order valence-electron chi connectivity index (χ3n) is 5.84. The van der Waals surface area contributed by atoms with Gasteiger partial charge in [-0.3, -0.25) is 13.8 Å². The molecule has 1 amide bonds. The fourth-order valence-corrected chi connectivity index (χ4v) is 6.88. The summed E-state index contributed by atoms with van der Waals surface area (Å²) in [6.45, 7) is 3.07. The van der Waals surface area contributed by atoms with E-state index < -0.39 is 32.5 Å². The molecule has 0 bridgehead atoms. The largest absolute Gasteiger partial charge is 0.325 e. The highest BCUT2D eigenvalue weighted by molar-refractivity contribution is 7.93. The van der Waals surface area contributed by atoms with Gasteiger partial charge in [-0.25, -0.2) is 16.8 Å². The summed E-state index contributed by atoms with van der Waals surface area (Å²) < 4.78 is 56.3. The van der Waals surface area contributed by atoms with E-state index in [-0.39, 0.29) is 31.2 Å². The lowest BCUT2D eigenvalue weighted by molar-refractivity contribution is -0.114. The molecule has 0 saturated heterocycles. The molecule has 4 aromatic carbocycles. The first-order chi connectivity index (χ1) is 18.8. The molecule has 2 N–H and O–H groups in total. The lowest BCUT2D eigenvalue weighted by atomic mass is 10.1. The van der Waals surface area contributed by atoms with E-state index >= 15 is 0 Å². The van der Waals surface area contributed by atoms with E-state index in [4.69, 9.17) is 23.2 Å². The SMILES string of the molecule is Cc1ccc(C)c(NS(=O)(=O)c2ccc(NC(=O)CN(c3cc(Cl)cc(Cl)c3)S(=O)(=O)c3ccccc3)cc2)c1. The normalized spacial score (nSPS) is 11.6. The summed E-state index contributed by atoms with van der Waals surface area (Å²) in [5.74, 6) is -0.667. The van der Waals surface area contributed by atoms with Crippen molar-refractivity contribution in [2.75, 3.05) is 20.9 Å². The summed E-state index contributed by atoms with van der Waals surface area (Å²) in [5.41, 5.74) is 2.53. The van der Waals surface area contributed by atoms with E-state index in [1.807, 2.05) is 19.1 Å². The zero-order valence-corrected chi connectivity index (χ0v) is 24.6. The number of hydrogen-bond acceptors (Lipinski definition) is 5. The lowest BCUT2D eigenvalue weighted by Gasteiger charge is -2.24. The van der Waals surface area contributed by atoms with Crippen LogP contribution in [0.25, 0.3) is 0 Å². The van der Waals surface area contributed by atoms with Gasteiger partial charge in [-0.1, -0.05) is 53.5 Å². The van der Waals surface area contributed by atoms with Crippen LogP contribution in [0.15, 0.2) is 101 Å². The molecular weight excluding hydrogens is 593 g/mol.